The number of nitrogens with zero attached hydrogens (tertiary/aromatic N) is 11. The lowest BCUT2D eigenvalue weighted by Gasteiger charge is -2.37. The first-order chi connectivity index (χ1) is 33.3. The van der Waals surface area contributed by atoms with Crippen LogP contribution in [0.2, 0.25) is 0 Å². The molecule has 2 saturated heterocycles. The van der Waals surface area contributed by atoms with Gasteiger partial charge in [0.25, 0.3) is 11.1 Å². The van der Waals surface area contributed by atoms with Crippen LogP contribution < -0.4 is 36.9 Å². The van der Waals surface area contributed by atoms with Gasteiger partial charge in [0.15, 0.2) is 0 Å². The van der Waals surface area contributed by atoms with Crippen LogP contribution in [0.3, 0.4) is 0 Å². The molecule has 4 aromatic heterocycles. The van der Waals surface area contributed by atoms with Crippen molar-refractivity contribution in [2.75, 3.05) is 72.8 Å². The number of carbonyl (C=O) groups excluding carboxylic acids is 3. The first-order valence-electron chi connectivity index (χ1n) is 21.7. The fourth-order valence-corrected chi connectivity index (χ4v) is 8.49. The van der Waals surface area contributed by atoms with Crippen LogP contribution in [0.1, 0.15) is 43.3 Å². The van der Waals surface area contributed by atoms with E-state index < -0.39 is 52.5 Å². The van der Waals surface area contributed by atoms with Gasteiger partial charge >= 0.3 is 18.4 Å². The molecule has 0 radical (unpaired) electrons. The van der Waals surface area contributed by atoms with Gasteiger partial charge in [0.05, 0.1) is 11.1 Å². The summed E-state index contributed by atoms with van der Waals surface area (Å²) in [7, 11) is 0. The molecule has 6 aromatic rings. The summed E-state index contributed by atoms with van der Waals surface area (Å²) in [4.78, 5) is 78.3. The number of halogens is 8. The highest BCUT2D eigenvalue weighted by atomic mass is 79.9. The molecule has 71 heavy (non-hydrogen) atoms. The lowest BCUT2D eigenvalue weighted by Crippen LogP contribution is -2.51. The van der Waals surface area contributed by atoms with Gasteiger partial charge in [-0.3, -0.25) is 19.2 Å². The summed E-state index contributed by atoms with van der Waals surface area (Å²) < 4.78 is 87.9. The average Bonchev–Trinajstić information content (AvgIpc) is 3.89. The van der Waals surface area contributed by atoms with Crippen LogP contribution in [-0.4, -0.2) is 119 Å². The minimum atomic E-state index is -4.49. The fourth-order valence-electron chi connectivity index (χ4n) is 7.85. The average molecular weight is 1130 g/mol. The zero-order chi connectivity index (χ0) is 51.7. The van der Waals surface area contributed by atoms with Crippen molar-refractivity contribution in [1.82, 2.24) is 48.5 Å². The van der Waals surface area contributed by atoms with E-state index in [0.29, 0.717) is 75.1 Å². The molecule has 20 nitrogen and oxygen atoms in total. The minimum absolute atomic E-state index is 0.114. The first kappa shape index (κ1) is 52.3. The van der Waals surface area contributed by atoms with E-state index in [1.54, 1.807) is 44.1 Å². The summed E-state index contributed by atoms with van der Waals surface area (Å²) >= 11 is 6.34. The second-order valence-corrected chi connectivity index (χ2v) is 18.7. The quantitative estimate of drug-likeness (QED) is 0.156. The van der Waals surface area contributed by atoms with Gasteiger partial charge in [0, 0.05) is 75.1 Å². The van der Waals surface area contributed by atoms with E-state index in [4.69, 9.17) is 4.74 Å². The SMILES string of the molecule is Cc1c(N2CCN(C(=O)OC(C)(C)C)CC2)c(=O)n2nc(Br)nc2n1CC(=O)Nc1ccc(C(F)(F)F)cc1.Cc1c(N2CCNCC2)c(=O)n2nc(Br)nc2n1CC(=O)Nc1ccc(C(F)(F)F)cc1. The second-order valence-electron chi connectivity index (χ2n) is 17.3. The molecule has 0 atom stereocenters. The Hall–Kier alpha value is -6.55. The number of anilines is 4. The van der Waals surface area contributed by atoms with Gasteiger partial charge in [0.1, 0.15) is 30.1 Å². The number of alkyl halides is 6. The fraction of sp³-hybridized carbons (Fsp3) is 0.419. The molecule has 2 fully saturated rings. The van der Waals surface area contributed by atoms with Crippen molar-refractivity contribution < 1.29 is 45.5 Å². The third-order valence-corrected chi connectivity index (χ3v) is 11.8. The van der Waals surface area contributed by atoms with E-state index in [1.165, 1.54) is 16.7 Å². The molecule has 28 heteroatoms. The zero-order valence-electron chi connectivity index (χ0n) is 38.6. The molecule has 6 heterocycles. The Morgan fingerprint density at radius 3 is 1.38 bits per heavy atom. The van der Waals surface area contributed by atoms with E-state index in [9.17, 15) is 50.3 Å². The van der Waals surface area contributed by atoms with Gasteiger partial charge in [-0.25, -0.2) is 4.79 Å². The molecular weight excluding hydrogens is 1080 g/mol. The van der Waals surface area contributed by atoms with E-state index in [-0.39, 0.29) is 51.0 Å². The van der Waals surface area contributed by atoms with Crippen LogP contribution in [0.5, 0.6) is 0 Å². The topological polar surface area (TPSA) is 211 Å². The first-order valence-corrected chi connectivity index (χ1v) is 23.3. The summed E-state index contributed by atoms with van der Waals surface area (Å²) in [5, 5.41) is 16.6. The van der Waals surface area contributed by atoms with Crippen molar-refractivity contribution in [2.45, 2.75) is 65.7 Å². The van der Waals surface area contributed by atoms with Gasteiger partial charge in [0.2, 0.25) is 32.8 Å². The molecule has 0 saturated carbocycles. The predicted molar refractivity (Wildman–Crippen MR) is 255 cm³/mol. The number of hydrogen-bond donors (Lipinski definition) is 3. The Labute approximate surface area is 416 Å². The van der Waals surface area contributed by atoms with Crippen LogP contribution in [0.4, 0.5) is 53.9 Å². The zero-order valence-corrected chi connectivity index (χ0v) is 41.8. The van der Waals surface area contributed by atoms with Gasteiger partial charge in [-0.2, -0.15) is 45.3 Å². The van der Waals surface area contributed by atoms with Crippen molar-refractivity contribution in [2.24, 2.45) is 0 Å². The van der Waals surface area contributed by atoms with Crippen LogP contribution >= 0.6 is 31.9 Å². The van der Waals surface area contributed by atoms with Crippen molar-refractivity contribution in [3.63, 3.8) is 0 Å². The Morgan fingerprint density at radius 1 is 0.634 bits per heavy atom. The number of fused-ring (bicyclic) bond motifs is 2. The number of rotatable bonds is 8. The number of piperazine rings is 2. The molecule has 380 valence electrons. The number of carbonyl (C=O) groups is 3. The summed E-state index contributed by atoms with van der Waals surface area (Å²) in [6.45, 7) is 12.3. The molecule has 8 rings (SSSR count). The highest BCUT2D eigenvalue weighted by Crippen LogP contribution is 2.31. The third kappa shape index (κ3) is 12.1. The monoisotopic (exact) mass is 1130 g/mol. The largest absolute Gasteiger partial charge is 0.444 e. The van der Waals surface area contributed by atoms with Crippen LogP contribution in [0, 0.1) is 13.8 Å². The minimum Gasteiger partial charge on any atom is -0.444 e. The van der Waals surface area contributed by atoms with Gasteiger partial charge in [-0.15, -0.1) is 10.2 Å². The molecule has 3 N–H and O–H groups in total. The molecular formula is C43H46Br2F6N14O6. The van der Waals surface area contributed by atoms with Crippen LogP contribution in [0.15, 0.2) is 67.6 Å². The number of benzene rings is 2. The second kappa shape index (κ2) is 20.7. The van der Waals surface area contributed by atoms with E-state index in [0.717, 1.165) is 45.4 Å². The Balaban J connectivity index is 0.000000213. The number of amides is 3. The van der Waals surface area contributed by atoms with Gasteiger partial charge < -0.3 is 44.5 Å². The normalized spacial score (nSPS) is 14.6. The van der Waals surface area contributed by atoms with Gasteiger partial charge in [-0.05, 0) is 115 Å². The molecule has 0 unspecified atom stereocenters. The molecule has 3 amide bonds. The van der Waals surface area contributed by atoms with E-state index >= 15 is 0 Å². The molecule has 0 spiro atoms. The smallest absolute Gasteiger partial charge is 0.416 e. The number of aromatic nitrogens is 8. The van der Waals surface area contributed by atoms with Crippen molar-refractivity contribution >= 4 is 84.1 Å². The van der Waals surface area contributed by atoms with Gasteiger partial charge in [-0.1, -0.05) is 0 Å². The maximum atomic E-state index is 13.4. The maximum Gasteiger partial charge on any atom is 0.416 e. The summed E-state index contributed by atoms with van der Waals surface area (Å²) in [6.07, 6.45) is -9.38. The Kier molecular flexibility index (Phi) is 15.2. The predicted octanol–water partition coefficient (Wildman–Crippen LogP) is 5.71. The third-order valence-electron chi connectivity index (χ3n) is 11.2. The molecule has 0 bridgehead atoms. The Bertz CT molecular complexity index is 3080. The summed E-state index contributed by atoms with van der Waals surface area (Å²) in [5.41, 5.74) is -0.914. The van der Waals surface area contributed by atoms with E-state index in [2.05, 4.69) is 68.0 Å². The lowest BCUT2D eigenvalue weighted by atomic mass is 10.2. The van der Waals surface area contributed by atoms with Crippen molar-refractivity contribution in [3.8, 4) is 0 Å². The molecule has 0 aliphatic carbocycles. The van der Waals surface area contributed by atoms with Crippen LogP contribution in [0.25, 0.3) is 11.6 Å². The lowest BCUT2D eigenvalue weighted by molar-refractivity contribution is -0.138. The Morgan fingerprint density at radius 2 is 1.01 bits per heavy atom. The standard InChI is InChI=1S/C24H27BrF3N7O4.C19H19BrF3N7O2/c1-14-18(32-9-11-33(12-10-32)22(38)39-23(2,3)4)19(37)35-21(30-20(25)31-35)34(14)13-17(36)29-16-7-5-15(6-8-16)24(26,27)28;1-11-15(28-8-6-24-7-9-28)16(32)30-18(26-17(20)27-30)29(11)10-14(31)25-13-4-2-12(3-5-13)19(21,22)23/h5-8H,9-13H2,1-4H3,(H,29,36);2-5,24H,6-10H2,1H3,(H,25,31). The van der Waals surface area contributed by atoms with Crippen molar-refractivity contribution in [3.05, 3.63) is 101 Å². The summed E-state index contributed by atoms with van der Waals surface area (Å²) in [5.74, 6) is -0.726. The maximum absolute atomic E-state index is 13.4. The highest BCUT2D eigenvalue weighted by molar-refractivity contribution is 9.10. The molecule has 2 aromatic carbocycles. The van der Waals surface area contributed by atoms with Crippen LogP contribution in [-0.2, 0) is 39.8 Å². The number of hydrogen-bond acceptors (Lipinski definition) is 13. The van der Waals surface area contributed by atoms with E-state index in [1.807, 2.05) is 9.80 Å². The molecule has 2 aliphatic rings. The number of ether oxygens (including phenoxy) is 1. The van der Waals surface area contributed by atoms with Crippen molar-refractivity contribution in [1.29, 1.82) is 0 Å². The highest BCUT2D eigenvalue weighted by Gasteiger charge is 2.33. The molecule has 2 aliphatic heterocycles. The number of nitrogens with one attached hydrogen (secondary N) is 3. The summed E-state index contributed by atoms with van der Waals surface area (Å²) in [6, 6.07) is 8.26.